The molecule has 9 heteroatoms. The number of benzene rings is 2. The molecule has 0 aliphatic carbocycles. The molecule has 162 valence electrons. The minimum atomic E-state index is -0.689. The van der Waals surface area contributed by atoms with Gasteiger partial charge in [0.2, 0.25) is 5.91 Å². The molecule has 1 N–H and O–H groups in total. The normalized spacial score (nSPS) is 15.3. The zero-order chi connectivity index (χ0) is 22.4. The SMILES string of the molecule is CCOC(=O)C1=NN(c2ccccc2)C(C(=O)Nc2ccc(SC(=O)N(C)C)cc2)C1. The van der Waals surface area contributed by atoms with Crippen molar-refractivity contribution in [2.45, 2.75) is 24.3 Å². The molecule has 1 aliphatic heterocycles. The van der Waals surface area contributed by atoms with Gasteiger partial charge in [0.1, 0.15) is 11.8 Å². The van der Waals surface area contributed by atoms with Crippen LogP contribution in [0.1, 0.15) is 13.3 Å². The zero-order valence-corrected chi connectivity index (χ0v) is 18.4. The Balaban J connectivity index is 1.73. The number of amides is 2. The molecule has 0 saturated heterocycles. The van der Waals surface area contributed by atoms with Gasteiger partial charge >= 0.3 is 5.97 Å². The summed E-state index contributed by atoms with van der Waals surface area (Å²) in [6, 6.07) is 15.5. The van der Waals surface area contributed by atoms with Crippen LogP contribution in [0.4, 0.5) is 16.2 Å². The molecule has 3 rings (SSSR count). The third kappa shape index (κ3) is 5.64. The number of thioether (sulfide) groups is 1. The first-order valence-corrected chi connectivity index (χ1v) is 10.6. The summed E-state index contributed by atoms with van der Waals surface area (Å²) < 4.78 is 5.06. The van der Waals surface area contributed by atoms with Gasteiger partial charge in [0.25, 0.3) is 5.24 Å². The Morgan fingerprint density at radius 2 is 1.81 bits per heavy atom. The van der Waals surface area contributed by atoms with Crippen molar-refractivity contribution in [3.63, 3.8) is 0 Å². The van der Waals surface area contributed by atoms with Crippen LogP contribution in [0.25, 0.3) is 0 Å². The van der Waals surface area contributed by atoms with E-state index in [0.29, 0.717) is 11.4 Å². The van der Waals surface area contributed by atoms with Crippen LogP contribution in [0.2, 0.25) is 0 Å². The van der Waals surface area contributed by atoms with Crippen LogP contribution in [0.5, 0.6) is 0 Å². The number of carbonyl (C=O) groups is 3. The summed E-state index contributed by atoms with van der Waals surface area (Å²) in [6.07, 6.45) is 0.144. The third-order valence-electron chi connectivity index (χ3n) is 4.44. The number of nitrogens with zero attached hydrogens (tertiary/aromatic N) is 3. The van der Waals surface area contributed by atoms with Gasteiger partial charge in [0, 0.05) is 31.1 Å². The molecule has 1 atom stereocenters. The summed E-state index contributed by atoms with van der Waals surface area (Å²) in [4.78, 5) is 39.3. The van der Waals surface area contributed by atoms with Gasteiger partial charge in [-0.05, 0) is 55.1 Å². The van der Waals surface area contributed by atoms with Gasteiger partial charge in [-0.2, -0.15) is 5.10 Å². The molecule has 1 unspecified atom stereocenters. The van der Waals surface area contributed by atoms with Gasteiger partial charge in [-0.1, -0.05) is 18.2 Å². The van der Waals surface area contributed by atoms with Crippen molar-refractivity contribution >= 4 is 46.0 Å². The van der Waals surface area contributed by atoms with Gasteiger partial charge in [0.05, 0.1) is 12.3 Å². The van der Waals surface area contributed by atoms with Crippen molar-refractivity contribution in [2.24, 2.45) is 5.10 Å². The fourth-order valence-corrected chi connectivity index (χ4v) is 3.55. The lowest BCUT2D eigenvalue weighted by Gasteiger charge is -2.22. The van der Waals surface area contributed by atoms with E-state index in [0.717, 1.165) is 16.7 Å². The predicted molar refractivity (Wildman–Crippen MR) is 121 cm³/mol. The van der Waals surface area contributed by atoms with Gasteiger partial charge in [-0.25, -0.2) is 4.79 Å². The van der Waals surface area contributed by atoms with Crippen molar-refractivity contribution in [2.75, 3.05) is 31.0 Å². The van der Waals surface area contributed by atoms with Crippen molar-refractivity contribution < 1.29 is 19.1 Å². The maximum Gasteiger partial charge on any atom is 0.354 e. The molecule has 0 bridgehead atoms. The lowest BCUT2D eigenvalue weighted by molar-refractivity contribution is -0.135. The van der Waals surface area contributed by atoms with E-state index < -0.39 is 12.0 Å². The highest BCUT2D eigenvalue weighted by molar-refractivity contribution is 8.13. The number of hydrogen-bond acceptors (Lipinski definition) is 7. The van der Waals surface area contributed by atoms with E-state index in [2.05, 4.69) is 10.4 Å². The predicted octanol–water partition coefficient (Wildman–Crippen LogP) is 3.60. The summed E-state index contributed by atoms with van der Waals surface area (Å²) in [5, 5.41) is 8.69. The van der Waals surface area contributed by atoms with Gasteiger partial charge in [-0.3, -0.25) is 14.6 Å². The van der Waals surface area contributed by atoms with Crippen molar-refractivity contribution in [1.29, 1.82) is 0 Å². The molecule has 2 aromatic rings. The Labute approximate surface area is 185 Å². The average Bonchev–Trinajstić information content (AvgIpc) is 3.22. The first-order valence-electron chi connectivity index (χ1n) is 9.78. The van der Waals surface area contributed by atoms with Crippen LogP contribution in [0.15, 0.2) is 64.6 Å². The molecular weight excluding hydrogens is 416 g/mol. The maximum absolute atomic E-state index is 13.0. The monoisotopic (exact) mass is 440 g/mol. The quantitative estimate of drug-likeness (QED) is 0.545. The number of hydrazone groups is 1. The second-order valence-electron chi connectivity index (χ2n) is 6.94. The number of hydrogen-bond donors (Lipinski definition) is 1. The lowest BCUT2D eigenvalue weighted by atomic mass is 10.1. The molecule has 0 saturated carbocycles. The minimum Gasteiger partial charge on any atom is -0.461 e. The number of carbonyl (C=O) groups excluding carboxylic acids is 3. The molecule has 31 heavy (non-hydrogen) atoms. The Morgan fingerprint density at radius 1 is 1.13 bits per heavy atom. The van der Waals surface area contributed by atoms with Crippen molar-refractivity contribution in [3.05, 3.63) is 54.6 Å². The first-order chi connectivity index (χ1) is 14.9. The highest BCUT2D eigenvalue weighted by Crippen LogP contribution is 2.27. The number of anilines is 2. The highest BCUT2D eigenvalue weighted by Gasteiger charge is 2.36. The molecule has 0 spiro atoms. The molecule has 1 heterocycles. The average molecular weight is 441 g/mol. The van der Waals surface area contributed by atoms with Crippen LogP contribution in [0.3, 0.4) is 0 Å². The smallest absolute Gasteiger partial charge is 0.354 e. The van der Waals surface area contributed by atoms with Crippen LogP contribution >= 0.6 is 11.8 Å². The van der Waals surface area contributed by atoms with Crippen LogP contribution < -0.4 is 10.3 Å². The van der Waals surface area contributed by atoms with Gasteiger partial charge in [0.15, 0.2) is 0 Å². The molecule has 0 aromatic heterocycles. The first kappa shape index (κ1) is 22.4. The molecule has 0 fully saturated rings. The molecule has 1 aliphatic rings. The summed E-state index contributed by atoms with van der Waals surface area (Å²) in [6.45, 7) is 1.96. The standard InChI is InChI=1S/C22H24N4O4S/c1-4-30-21(28)18-14-19(26(24-18)16-8-6-5-7-9-16)20(27)23-15-10-12-17(13-11-15)31-22(29)25(2)3/h5-13,19H,4,14H2,1-3H3,(H,23,27). The summed E-state index contributed by atoms with van der Waals surface area (Å²) in [5.74, 6) is -0.817. The van der Waals surface area contributed by atoms with Crippen molar-refractivity contribution in [3.8, 4) is 0 Å². The number of rotatable bonds is 6. The van der Waals surface area contributed by atoms with E-state index in [1.54, 1.807) is 50.3 Å². The van der Waals surface area contributed by atoms with E-state index in [1.165, 1.54) is 4.90 Å². The van der Waals surface area contributed by atoms with Crippen LogP contribution in [-0.4, -0.2) is 54.5 Å². The van der Waals surface area contributed by atoms with E-state index in [1.807, 2.05) is 30.3 Å². The van der Waals surface area contributed by atoms with Crippen LogP contribution in [0, 0.1) is 0 Å². The zero-order valence-electron chi connectivity index (χ0n) is 17.6. The molecule has 8 nitrogen and oxygen atoms in total. The molecular formula is C22H24N4O4S. The number of nitrogens with one attached hydrogen (secondary N) is 1. The number of esters is 1. The largest absolute Gasteiger partial charge is 0.461 e. The third-order valence-corrected chi connectivity index (χ3v) is 5.48. The summed E-state index contributed by atoms with van der Waals surface area (Å²) in [7, 11) is 3.38. The Bertz CT molecular complexity index is 977. The highest BCUT2D eigenvalue weighted by atomic mass is 32.2. The van der Waals surface area contributed by atoms with Crippen molar-refractivity contribution in [1.82, 2.24) is 4.90 Å². The Morgan fingerprint density at radius 3 is 2.42 bits per heavy atom. The van der Waals surface area contributed by atoms with Gasteiger partial charge < -0.3 is 15.0 Å². The fraction of sp³-hybridized carbons (Fsp3) is 0.273. The maximum atomic E-state index is 13.0. The second kappa shape index (κ2) is 10.1. The topological polar surface area (TPSA) is 91.3 Å². The molecule has 2 aromatic carbocycles. The minimum absolute atomic E-state index is 0.0788. The van der Waals surface area contributed by atoms with E-state index >= 15 is 0 Å². The summed E-state index contributed by atoms with van der Waals surface area (Å²) in [5.41, 5.74) is 1.50. The number of ether oxygens (including phenoxy) is 1. The Hall–Kier alpha value is -3.33. The number of para-hydroxylation sites is 1. The fourth-order valence-electron chi connectivity index (χ4n) is 2.89. The lowest BCUT2D eigenvalue weighted by Crippen LogP contribution is -2.38. The van der Waals surface area contributed by atoms with E-state index in [9.17, 15) is 14.4 Å². The molecule has 0 radical (unpaired) electrons. The van der Waals surface area contributed by atoms with E-state index in [-0.39, 0.29) is 29.9 Å². The second-order valence-corrected chi connectivity index (χ2v) is 7.97. The molecule has 2 amide bonds. The van der Waals surface area contributed by atoms with E-state index in [4.69, 9.17) is 4.74 Å². The van der Waals surface area contributed by atoms with Crippen LogP contribution in [-0.2, 0) is 14.3 Å². The summed E-state index contributed by atoms with van der Waals surface area (Å²) >= 11 is 1.11. The Kier molecular flexibility index (Phi) is 7.30. The van der Waals surface area contributed by atoms with Gasteiger partial charge in [-0.15, -0.1) is 0 Å².